The first-order valence-corrected chi connectivity index (χ1v) is 12.5. The van der Waals surface area contributed by atoms with Crippen molar-refractivity contribution in [2.24, 2.45) is 5.41 Å². The molecule has 2 aliphatic rings. The van der Waals surface area contributed by atoms with Crippen LogP contribution in [0, 0.1) is 17.0 Å². The zero-order valence-corrected chi connectivity index (χ0v) is 22.7. The van der Waals surface area contributed by atoms with E-state index in [0.717, 1.165) is 12.8 Å². The predicted octanol–water partition coefficient (Wildman–Crippen LogP) is 5.61. The van der Waals surface area contributed by atoms with E-state index >= 15 is 0 Å². The molecule has 35 heavy (non-hydrogen) atoms. The minimum Gasteiger partial charge on any atom is -0.466 e. The average Bonchev–Trinajstić information content (AvgIpc) is 3.60. The summed E-state index contributed by atoms with van der Waals surface area (Å²) in [6, 6.07) is 1.23. The van der Waals surface area contributed by atoms with Gasteiger partial charge in [-0.2, -0.15) is 0 Å². The number of hydrogen-bond acceptors (Lipinski definition) is 4. The van der Waals surface area contributed by atoms with Gasteiger partial charge in [0.25, 0.3) is 0 Å². The Balaban J connectivity index is 0.000000343. The third-order valence-corrected chi connectivity index (χ3v) is 6.62. The third-order valence-electron chi connectivity index (χ3n) is 6.62. The Morgan fingerprint density at radius 3 is 2.31 bits per heavy atom. The Morgan fingerprint density at radius 2 is 1.86 bits per heavy atom. The largest absolute Gasteiger partial charge is 0.466 e. The highest BCUT2D eigenvalue weighted by Crippen LogP contribution is 2.50. The molecule has 0 bridgehead atoms. The molecule has 0 radical (unpaired) electrons. The van der Waals surface area contributed by atoms with E-state index in [0.29, 0.717) is 31.5 Å². The van der Waals surface area contributed by atoms with E-state index in [1.807, 2.05) is 34.6 Å². The van der Waals surface area contributed by atoms with E-state index in [1.54, 1.807) is 27.7 Å². The smallest absolute Gasteiger partial charge is 0.306 e. The molecule has 8 heteroatoms. The zero-order valence-electron chi connectivity index (χ0n) is 22.7. The summed E-state index contributed by atoms with van der Waals surface area (Å²) in [6.07, 6.45) is 2.77. The van der Waals surface area contributed by atoms with E-state index in [1.165, 1.54) is 11.0 Å². The topological polar surface area (TPSA) is 75.7 Å². The highest BCUT2D eigenvalue weighted by Gasteiger charge is 2.48. The van der Waals surface area contributed by atoms with E-state index in [2.05, 4.69) is 5.32 Å². The van der Waals surface area contributed by atoms with Crippen molar-refractivity contribution < 1.29 is 27.9 Å². The maximum Gasteiger partial charge on any atom is 0.306 e. The zero-order chi connectivity index (χ0) is 27.1. The van der Waals surface area contributed by atoms with Crippen molar-refractivity contribution in [3.8, 4) is 0 Å². The maximum absolute atomic E-state index is 14.7. The Bertz CT molecular complexity index is 911. The standard InChI is InChI=1S/C15H17F2NO.C10H19NO3.C2H6/c1-4-18-13-10(16)7-9(8-5-6-8)12(17)11(13)15(2,3)14(18)19;1-5-14-9(13)6-10(3,4)8(2)11-7-12;1-2/h7-8H,4-6H2,1-3H3;7-8H,5-6H2,1-4H3,(H,11,12);1-2H3. The van der Waals surface area contributed by atoms with Gasteiger partial charge in [-0.05, 0) is 70.4 Å². The lowest BCUT2D eigenvalue weighted by molar-refractivity contribution is -0.146. The highest BCUT2D eigenvalue weighted by atomic mass is 19.1. The van der Waals surface area contributed by atoms with Gasteiger partial charge in [-0.25, -0.2) is 8.78 Å². The second-order valence-corrected chi connectivity index (χ2v) is 9.91. The fourth-order valence-electron chi connectivity index (χ4n) is 4.07. The quantitative estimate of drug-likeness (QED) is 0.375. The molecular formula is C27H42F2N2O4. The van der Waals surface area contributed by atoms with Gasteiger partial charge in [-0.1, -0.05) is 27.7 Å². The lowest BCUT2D eigenvalue weighted by Crippen LogP contribution is -2.40. The molecule has 6 nitrogen and oxygen atoms in total. The van der Waals surface area contributed by atoms with Crippen molar-refractivity contribution in [3.63, 3.8) is 0 Å². The molecule has 1 aliphatic heterocycles. The van der Waals surface area contributed by atoms with E-state index in [4.69, 9.17) is 4.74 Å². The van der Waals surface area contributed by atoms with Crippen molar-refractivity contribution in [2.45, 2.75) is 99.0 Å². The van der Waals surface area contributed by atoms with Crippen LogP contribution >= 0.6 is 0 Å². The van der Waals surface area contributed by atoms with Crippen LogP contribution in [-0.4, -0.2) is 37.5 Å². The number of nitrogens with one attached hydrogen (secondary N) is 1. The molecule has 2 amide bonds. The molecule has 198 valence electrons. The summed E-state index contributed by atoms with van der Waals surface area (Å²) in [6.45, 7) is 17.3. The molecule has 1 saturated carbocycles. The van der Waals surface area contributed by atoms with Gasteiger partial charge >= 0.3 is 5.97 Å². The second-order valence-electron chi connectivity index (χ2n) is 9.91. The van der Waals surface area contributed by atoms with Gasteiger partial charge in [0.15, 0.2) is 0 Å². The number of benzene rings is 1. The Hall–Kier alpha value is -2.51. The summed E-state index contributed by atoms with van der Waals surface area (Å²) in [5.41, 5.74) is -0.454. The molecule has 1 aromatic rings. The first-order chi connectivity index (χ1) is 16.3. The van der Waals surface area contributed by atoms with E-state index in [-0.39, 0.29) is 46.3 Å². The van der Waals surface area contributed by atoms with E-state index in [9.17, 15) is 23.2 Å². The molecule has 1 N–H and O–H groups in total. The molecule has 1 fully saturated rings. The summed E-state index contributed by atoms with van der Waals surface area (Å²) in [4.78, 5) is 35.1. The number of likely N-dealkylation sites (N-methyl/N-ethyl adjacent to an activating group) is 1. The number of rotatable bonds is 8. The Labute approximate surface area is 208 Å². The Morgan fingerprint density at radius 1 is 1.29 bits per heavy atom. The van der Waals surface area contributed by atoms with Gasteiger partial charge in [0.05, 0.1) is 24.1 Å². The fraction of sp³-hybridized carbons (Fsp3) is 0.667. The van der Waals surface area contributed by atoms with Gasteiger partial charge in [-0.3, -0.25) is 14.4 Å². The summed E-state index contributed by atoms with van der Waals surface area (Å²) >= 11 is 0. The fourth-order valence-corrected chi connectivity index (χ4v) is 4.07. The molecule has 0 saturated heterocycles. The van der Waals surface area contributed by atoms with Crippen molar-refractivity contribution in [1.29, 1.82) is 0 Å². The summed E-state index contributed by atoms with van der Waals surface area (Å²) in [5, 5.41) is 2.64. The van der Waals surface area contributed by atoms with Crippen LogP contribution < -0.4 is 10.2 Å². The van der Waals surface area contributed by atoms with Crippen LogP contribution in [0.4, 0.5) is 14.5 Å². The molecule has 3 rings (SSSR count). The number of fused-ring (bicyclic) bond motifs is 1. The number of ether oxygens (including phenoxy) is 1. The molecule has 1 aliphatic carbocycles. The van der Waals surface area contributed by atoms with Crippen molar-refractivity contribution >= 4 is 24.0 Å². The van der Waals surface area contributed by atoms with Gasteiger partial charge in [0.1, 0.15) is 11.6 Å². The molecule has 1 atom stereocenters. The van der Waals surface area contributed by atoms with Crippen molar-refractivity contribution in [3.05, 3.63) is 28.8 Å². The van der Waals surface area contributed by atoms with Gasteiger partial charge in [-0.15, -0.1) is 0 Å². The summed E-state index contributed by atoms with van der Waals surface area (Å²) in [5.74, 6) is -1.18. The van der Waals surface area contributed by atoms with Gasteiger partial charge in [0.2, 0.25) is 12.3 Å². The van der Waals surface area contributed by atoms with Crippen LogP contribution in [-0.2, 0) is 24.5 Å². The third kappa shape index (κ3) is 6.79. The predicted molar refractivity (Wildman–Crippen MR) is 134 cm³/mol. The normalized spacial score (nSPS) is 16.8. The summed E-state index contributed by atoms with van der Waals surface area (Å²) < 4.78 is 33.8. The minimum atomic E-state index is -0.985. The lowest BCUT2D eigenvalue weighted by Gasteiger charge is -2.30. The molecule has 1 heterocycles. The number of carbonyl (C=O) groups is 3. The van der Waals surface area contributed by atoms with Crippen LogP contribution in [0.25, 0.3) is 0 Å². The van der Waals surface area contributed by atoms with Gasteiger partial charge in [0, 0.05) is 18.2 Å². The van der Waals surface area contributed by atoms with Crippen LogP contribution in [0.1, 0.15) is 98.6 Å². The number of nitrogens with zero attached hydrogens (tertiary/aromatic N) is 1. The van der Waals surface area contributed by atoms with Crippen LogP contribution in [0.2, 0.25) is 0 Å². The van der Waals surface area contributed by atoms with Crippen LogP contribution in [0.3, 0.4) is 0 Å². The highest BCUT2D eigenvalue weighted by molar-refractivity contribution is 6.07. The second kappa shape index (κ2) is 12.5. The number of halogens is 2. The minimum absolute atomic E-state index is 0.0515. The average molecular weight is 497 g/mol. The van der Waals surface area contributed by atoms with Crippen LogP contribution in [0.15, 0.2) is 6.07 Å². The first kappa shape index (κ1) is 30.5. The van der Waals surface area contributed by atoms with Crippen LogP contribution in [0.5, 0.6) is 0 Å². The van der Waals surface area contributed by atoms with E-state index < -0.39 is 11.2 Å². The molecular weight excluding hydrogens is 454 g/mol. The Kier molecular flexibility index (Phi) is 10.9. The molecule has 0 aromatic heterocycles. The number of hydrogen-bond donors (Lipinski definition) is 1. The van der Waals surface area contributed by atoms with Gasteiger partial charge < -0.3 is 15.0 Å². The monoisotopic (exact) mass is 496 g/mol. The van der Waals surface area contributed by atoms with Crippen molar-refractivity contribution in [1.82, 2.24) is 5.32 Å². The molecule has 1 aromatic carbocycles. The molecule has 0 spiro atoms. The lowest BCUT2D eigenvalue weighted by atomic mass is 9.82. The first-order valence-electron chi connectivity index (χ1n) is 12.5. The maximum atomic E-state index is 14.7. The van der Waals surface area contributed by atoms with Crippen molar-refractivity contribution in [2.75, 3.05) is 18.1 Å². The number of amides is 2. The molecule has 1 unspecified atom stereocenters. The SMILES string of the molecule is CC.CCN1C(=O)C(C)(C)c2c(F)c(C3CC3)cc(F)c21.CCOC(=O)CC(C)(C)C(C)NC=O. The summed E-state index contributed by atoms with van der Waals surface area (Å²) in [7, 11) is 0. The number of carbonyl (C=O) groups excluding carboxylic acids is 3. The number of esters is 1. The number of anilines is 1.